The predicted octanol–water partition coefficient (Wildman–Crippen LogP) is 3.16. The van der Waals surface area contributed by atoms with E-state index in [1.807, 2.05) is 6.07 Å². The Labute approximate surface area is 176 Å². The van der Waals surface area contributed by atoms with Crippen molar-refractivity contribution in [1.29, 1.82) is 0 Å². The zero-order valence-corrected chi connectivity index (χ0v) is 17.5. The van der Waals surface area contributed by atoms with Crippen LogP contribution in [0, 0.1) is 5.92 Å². The molecule has 0 heterocycles. The molecular weight excluding hydrogens is 386 g/mol. The quantitative estimate of drug-likeness (QED) is 0.602. The second-order valence-electron chi connectivity index (χ2n) is 7.11. The molecule has 0 unspecified atom stereocenters. The summed E-state index contributed by atoms with van der Waals surface area (Å²) in [5.74, 6) is -0.421. The third-order valence-corrected chi connectivity index (χ3v) is 4.17. The summed E-state index contributed by atoms with van der Waals surface area (Å²) in [6.45, 7) is 4.18. The van der Waals surface area contributed by atoms with Crippen LogP contribution in [-0.4, -0.2) is 38.1 Å². The third kappa shape index (κ3) is 7.58. The normalized spacial score (nSPS) is 10.4. The molecule has 30 heavy (non-hydrogen) atoms. The van der Waals surface area contributed by atoms with Crippen LogP contribution in [0.5, 0.6) is 11.5 Å². The third-order valence-electron chi connectivity index (χ3n) is 4.17. The van der Waals surface area contributed by atoms with Gasteiger partial charge in [-0.15, -0.1) is 0 Å². The molecule has 2 rings (SSSR count). The van der Waals surface area contributed by atoms with Crippen molar-refractivity contribution in [2.45, 2.75) is 26.7 Å². The standard InChI is InChI=1S/C23H27NO6/c1-16(2)11-12-29-19-10-9-18(14-20(19)28-3)23(27)30-15-22(26)24-21(25)13-17-7-5-4-6-8-17/h4-10,14,16H,11-13,15H2,1-3H3,(H,24,25,26). The Morgan fingerprint density at radius 1 is 0.967 bits per heavy atom. The van der Waals surface area contributed by atoms with E-state index in [1.54, 1.807) is 30.3 Å². The molecule has 7 heteroatoms. The Morgan fingerprint density at radius 2 is 1.70 bits per heavy atom. The largest absolute Gasteiger partial charge is 0.493 e. The van der Waals surface area contributed by atoms with Crippen LogP contribution in [0.3, 0.4) is 0 Å². The molecule has 0 aliphatic heterocycles. The van der Waals surface area contributed by atoms with E-state index in [1.165, 1.54) is 19.2 Å². The molecule has 0 saturated heterocycles. The van der Waals surface area contributed by atoms with Crippen LogP contribution < -0.4 is 14.8 Å². The molecule has 0 aliphatic carbocycles. The molecule has 0 aliphatic rings. The summed E-state index contributed by atoms with van der Waals surface area (Å²) in [5.41, 5.74) is 0.995. The number of methoxy groups -OCH3 is 1. The van der Waals surface area contributed by atoms with Crippen molar-refractivity contribution >= 4 is 17.8 Å². The molecule has 2 aromatic carbocycles. The maximum Gasteiger partial charge on any atom is 0.338 e. The lowest BCUT2D eigenvalue weighted by molar-refractivity contribution is -0.132. The first kappa shape index (κ1) is 22.9. The monoisotopic (exact) mass is 413 g/mol. The smallest absolute Gasteiger partial charge is 0.338 e. The zero-order chi connectivity index (χ0) is 21.9. The second kappa shape index (κ2) is 11.6. The highest BCUT2D eigenvalue weighted by atomic mass is 16.5. The van der Waals surface area contributed by atoms with Crippen LogP contribution >= 0.6 is 0 Å². The van der Waals surface area contributed by atoms with E-state index in [0.29, 0.717) is 24.0 Å². The van der Waals surface area contributed by atoms with Gasteiger partial charge < -0.3 is 14.2 Å². The van der Waals surface area contributed by atoms with Crippen LogP contribution in [0.2, 0.25) is 0 Å². The summed E-state index contributed by atoms with van der Waals surface area (Å²) in [7, 11) is 1.48. The Hall–Kier alpha value is -3.35. The van der Waals surface area contributed by atoms with Crippen LogP contribution in [0.1, 0.15) is 36.2 Å². The molecule has 1 N–H and O–H groups in total. The zero-order valence-electron chi connectivity index (χ0n) is 17.5. The molecule has 160 valence electrons. The van der Waals surface area contributed by atoms with Crippen LogP contribution in [-0.2, 0) is 20.7 Å². The lowest BCUT2D eigenvalue weighted by atomic mass is 10.1. The lowest BCUT2D eigenvalue weighted by Crippen LogP contribution is -2.35. The Morgan fingerprint density at radius 3 is 2.37 bits per heavy atom. The van der Waals surface area contributed by atoms with Crippen molar-refractivity contribution in [3.8, 4) is 11.5 Å². The number of carbonyl (C=O) groups is 3. The maximum atomic E-state index is 12.2. The Bertz CT molecular complexity index is 863. The SMILES string of the molecule is COc1cc(C(=O)OCC(=O)NC(=O)Cc2ccccc2)ccc1OCCC(C)C. The summed E-state index contributed by atoms with van der Waals surface area (Å²) in [4.78, 5) is 36.0. The summed E-state index contributed by atoms with van der Waals surface area (Å²) in [6.07, 6.45) is 0.959. The van der Waals surface area contributed by atoms with Crippen LogP contribution in [0.15, 0.2) is 48.5 Å². The maximum absolute atomic E-state index is 12.2. The lowest BCUT2D eigenvalue weighted by Gasteiger charge is -2.13. The molecule has 0 spiro atoms. The molecule has 0 aromatic heterocycles. The number of nitrogens with one attached hydrogen (secondary N) is 1. The number of hydrogen-bond acceptors (Lipinski definition) is 6. The summed E-state index contributed by atoms with van der Waals surface area (Å²) >= 11 is 0. The van der Waals surface area contributed by atoms with Gasteiger partial charge in [0.25, 0.3) is 5.91 Å². The summed E-state index contributed by atoms with van der Waals surface area (Å²) < 4.78 is 16.0. The van der Waals surface area contributed by atoms with Gasteiger partial charge in [-0.25, -0.2) is 4.79 Å². The van der Waals surface area contributed by atoms with E-state index in [2.05, 4.69) is 19.2 Å². The van der Waals surface area contributed by atoms with Gasteiger partial charge in [0, 0.05) is 0 Å². The Kier molecular flexibility index (Phi) is 8.87. The van der Waals surface area contributed by atoms with Crippen molar-refractivity contribution in [3.05, 3.63) is 59.7 Å². The van der Waals surface area contributed by atoms with E-state index >= 15 is 0 Å². The molecule has 7 nitrogen and oxygen atoms in total. The average molecular weight is 413 g/mol. The van der Waals surface area contributed by atoms with Gasteiger partial charge in [-0.2, -0.15) is 0 Å². The number of benzene rings is 2. The number of rotatable bonds is 10. The van der Waals surface area contributed by atoms with E-state index < -0.39 is 24.4 Å². The van der Waals surface area contributed by atoms with Crippen LogP contribution in [0.25, 0.3) is 0 Å². The minimum atomic E-state index is -0.701. The number of carbonyl (C=O) groups excluding carboxylic acids is 3. The first-order valence-electron chi connectivity index (χ1n) is 9.73. The average Bonchev–Trinajstić information content (AvgIpc) is 2.72. The number of esters is 1. The molecular formula is C23H27NO6. The van der Waals surface area contributed by atoms with Gasteiger partial charge in [0.15, 0.2) is 18.1 Å². The highest BCUT2D eigenvalue weighted by molar-refractivity contribution is 5.98. The van der Waals surface area contributed by atoms with Gasteiger partial charge in [-0.05, 0) is 36.1 Å². The van der Waals surface area contributed by atoms with Crippen molar-refractivity contribution in [3.63, 3.8) is 0 Å². The predicted molar refractivity (Wildman–Crippen MR) is 112 cm³/mol. The topological polar surface area (TPSA) is 90.9 Å². The first-order valence-corrected chi connectivity index (χ1v) is 9.73. The molecule has 2 amide bonds. The summed E-state index contributed by atoms with van der Waals surface area (Å²) in [6, 6.07) is 13.7. The van der Waals surface area contributed by atoms with Crippen molar-refractivity contribution in [1.82, 2.24) is 5.32 Å². The fourth-order valence-electron chi connectivity index (χ4n) is 2.55. The van der Waals surface area contributed by atoms with E-state index in [-0.39, 0.29) is 12.0 Å². The summed E-state index contributed by atoms with van der Waals surface area (Å²) in [5, 5.41) is 2.20. The molecule has 0 atom stereocenters. The van der Waals surface area contributed by atoms with Gasteiger partial charge in [0.1, 0.15) is 0 Å². The van der Waals surface area contributed by atoms with E-state index in [9.17, 15) is 14.4 Å². The molecule has 0 radical (unpaired) electrons. The molecule has 0 fully saturated rings. The van der Waals surface area contributed by atoms with Crippen LogP contribution in [0.4, 0.5) is 0 Å². The second-order valence-corrected chi connectivity index (χ2v) is 7.11. The molecule has 0 bridgehead atoms. The first-order chi connectivity index (χ1) is 14.4. The van der Waals surface area contributed by atoms with Gasteiger partial charge in [0.05, 0.1) is 25.7 Å². The highest BCUT2D eigenvalue weighted by Gasteiger charge is 2.15. The van der Waals surface area contributed by atoms with Gasteiger partial charge in [0.2, 0.25) is 5.91 Å². The van der Waals surface area contributed by atoms with Crippen molar-refractivity contribution in [2.24, 2.45) is 5.92 Å². The van der Waals surface area contributed by atoms with E-state index in [4.69, 9.17) is 14.2 Å². The van der Waals surface area contributed by atoms with Crippen molar-refractivity contribution < 1.29 is 28.6 Å². The van der Waals surface area contributed by atoms with Gasteiger partial charge in [-0.3, -0.25) is 14.9 Å². The molecule has 2 aromatic rings. The van der Waals surface area contributed by atoms with E-state index in [0.717, 1.165) is 12.0 Å². The fourth-order valence-corrected chi connectivity index (χ4v) is 2.55. The number of hydrogen-bond donors (Lipinski definition) is 1. The minimum absolute atomic E-state index is 0.0655. The van der Waals surface area contributed by atoms with Gasteiger partial charge in [-0.1, -0.05) is 44.2 Å². The number of imide groups is 1. The highest BCUT2D eigenvalue weighted by Crippen LogP contribution is 2.28. The number of amides is 2. The van der Waals surface area contributed by atoms with Crippen molar-refractivity contribution in [2.75, 3.05) is 20.3 Å². The number of ether oxygens (including phenoxy) is 3. The minimum Gasteiger partial charge on any atom is -0.493 e. The van der Waals surface area contributed by atoms with Gasteiger partial charge >= 0.3 is 5.97 Å². The fraction of sp³-hybridized carbons (Fsp3) is 0.348. The molecule has 0 saturated carbocycles. The Balaban J connectivity index is 1.84.